The molecule has 0 aliphatic carbocycles. The van der Waals surface area contributed by atoms with Gasteiger partial charge in [0.1, 0.15) is 18.4 Å². The summed E-state index contributed by atoms with van der Waals surface area (Å²) < 4.78 is 18.4. The summed E-state index contributed by atoms with van der Waals surface area (Å²) in [4.78, 5) is 39.1. The van der Waals surface area contributed by atoms with E-state index in [-0.39, 0.29) is 13.0 Å². The fraction of sp³-hybridized carbons (Fsp3) is 0.182. The van der Waals surface area contributed by atoms with E-state index in [0.29, 0.717) is 38.2 Å². The summed E-state index contributed by atoms with van der Waals surface area (Å²) in [5, 5.41) is 13.4. The number of halogens is 3. The lowest BCUT2D eigenvalue weighted by Crippen LogP contribution is -2.52. The molecule has 2 amide bonds. The standard InChI is InChI=1S/C33H27Cl3N2O7/c34-25-12-7-13-26(35)24(25)19-43-23-16-14-20(15-17-23)18-27(32(41)42)37-30(39)28-29(31(40)38(36)22-10-5-2-6-11-22)45-33(44-28)21-8-3-1-4-9-21/h1-17,27-29,33H,18-19H2,(H,37,39)(H,41,42)/t27?,28-,29-,33?/m1/s1. The number of para-hydroxylation sites is 1. The second-order valence-corrected chi connectivity index (χ2v) is 11.2. The first-order valence-electron chi connectivity index (χ1n) is 13.8. The fourth-order valence-corrected chi connectivity index (χ4v) is 5.35. The average Bonchev–Trinajstić information content (AvgIpc) is 3.51. The maximum atomic E-state index is 13.5. The van der Waals surface area contributed by atoms with Crippen LogP contribution in [0.2, 0.25) is 10.0 Å². The minimum Gasteiger partial charge on any atom is -0.489 e. The molecule has 1 fully saturated rings. The van der Waals surface area contributed by atoms with Crippen LogP contribution in [0, 0.1) is 0 Å². The lowest BCUT2D eigenvalue weighted by Gasteiger charge is -2.22. The van der Waals surface area contributed by atoms with Crippen molar-refractivity contribution in [3.8, 4) is 5.75 Å². The van der Waals surface area contributed by atoms with Gasteiger partial charge in [0.05, 0.1) is 5.69 Å². The first-order chi connectivity index (χ1) is 21.7. The van der Waals surface area contributed by atoms with Crippen LogP contribution >= 0.6 is 35.0 Å². The predicted molar refractivity (Wildman–Crippen MR) is 169 cm³/mol. The third kappa shape index (κ3) is 7.94. The smallest absolute Gasteiger partial charge is 0.326 e. The van der Waals surface area contributed by atoms with Gasteiger partial charge in [0, 0.05) is 39.4 Å². The van der Waals surface area contributed by atoms with E-state index in [1.54, 1.807) is 103 Å². The van der Waals surface area contributed by atoms with Crippen molar-refractivity contribution in [1.29, 1.82) is 0 Å². The molecule has 0 bridgehead atoms. The summed E-state index contributed by atoms with van der Waals surface area (Å²) in [5.74, 6) is -2.35. The summed E-state index contributed by atoms with van der Waals surface area (Å²) in [6, 6.07) is 27.7. The molecular formula is C33H27Cl3N2O7. The molecule has 232 valence electrons. The highest BCUT2D eigenvalue weighted by Crippen LogP contribution is 2.34. The van der Waals surface area contributed by atoms with Crippen LogP contribution in [0.1, 0.15) is 23.0 Å². The van der Waals surface area contributed by atoms with Crippen molar-refractivity contribution in [3.63, 3.8) is 0 Å². The maximum absolute atomic E-state index is 13.5. The second kappa shape index (κ2) is 14.8. The Kier molecular flexibility index (Phi) is 10.6. The first kappa shape index (κ1) is 32.3. The normalized spacial score (nSPS) is 18.2. The van der Waals surface area contributed by atoms with Crippen molar-refractivity contribution in [1.82, 2.24) is 5.32 Å². The van der Waals surface area contributed by atoms with Crippen molar-refractivity contribution in [3.05, 3.63) is 130 Å². The Morgan fingerprint density at radius 1 is 0.822 bits per heavy atom. The second-order valence-electron chi connectivity index (χ2n) is 10.0. The molecular weight excluding hydrogens is 643 g/mol. The highest BCUT2D eigenvalue weighted by molar-refractivity contribution is 6.37. The van der Waals surface area contributed by atoms with Gasteiger partial charge in [0.25, 0.3) is 11.8 Å². The van der Waals surface area contributed by atoms with Gasteiger partial charge in [-0.1, -0.05) is 89.9 Å². The van der Waals surface area contributed by atoms with Gasteiger partial charge >= 0.3 is 5.97 Å². The molecule has 0 spiro atoms. The summed E-state index contributed by atoms with van der Waals surface area (Å²) in [6.45, 7) is 0.142. The number of carbonyl (C=O) groups excluding carboxylic acids is 2. The van der Waals surface area contributed by atoms with Crippen LogP contribution in [0.3, 0.4) is 0 Å². The minimum absolute atomic E-state index is 0.0579. The Hall–Kier alpha value is -4.12. The summed E-state index contributed by atoms with van der Waals surface area (Å²) in [7, 11) is 0. The highest BCUT2D eigenvalue weighted by Gasteiger charge is 2.48. The van der Waals surface area contributed by atoms with Crippen LogP contribution < -0.4 is 14.5 Å². The number of rotatable bonds is 11. The lowest BCUT2D eigenvalue weighted by molar-refractivity contribution is -0.144. The Bertz CT molecular complexity index is 1620. The minimum atomic E-state index is -1.48. The Balaban J connectivity index is 1.28. The molecule has 5 rings (SSSR count). The van der Waals surface area contributed by atoms with Crippen LogP contribution in [-0.4, -0.2) is 41.1 Å². The maximum Gasteiger partial charge on any atom is 0.326 e. The van der Waals surface area contributed by atoms with Gasteiger partial charge < -0.3 is 24.6 Å². The fourth-order valence-electron chi connectivity index (χ4n) is 4.63. The predicted octanol–water partition coefficient (Wildman–Crippen LogP) is 6.35. The Morgan fingerprint density at radius 3 is 2.04 bits per heavy atom. The van der Waals surface area contributed by atoms with E-state index in [2.05, 4.69) is 5.32 Å². The third-order valence-corrected chi connectivity index (χ3v) is 8.06. The van der Waals surface area contributed by atoms with Gasteiger partial charge in [-0.2, -0.15) is 0 Å². The van der Waals surface area contributed by atoms with Gasteiger partial charge in [-0.3, -0.25) is 9.59 Å². The number of hydrogen-bond donors (Lipinski definition) is 2. The van der Waals surface area contributed by atoms with Gasteiger partial charge in [0.15, 0.2) is 18.5 Å². The van der Waals surface area contributed by atoms with Gasteiger partial charge in [-0.25, -0.2) is 9.21 Å². The van der Waals surface area contributed by atoms with Crippen molar-refractivity contribution < 1.29 is 33.7 Å². The number of nitrogens with zero attached hydrogens (tertiary/aromatic N) is 1. The molecule has 12 heteroatoms. The zero-order valence-electron chi connectivity index (χ0n) is 23.5. The number of hydrogen-bond acceptors (Lipinski definition) is 6. The van der Waals surface area contributed by atoms with Crippen molar-refractivity contribution >= 4 is 58.4 Å². The van der Waals surface area contributed by atoms with Crippen molar-refractivity contribution in [2.24, 2.45) is 0 Å². The topological polar surface area (TPSA) is 114 Å². The largest absolute Gasteiger partial charge is 0.489 e. The van der Waals surface area contributed by atoms with Gasteiger partial charge in [-0.15, -0.1) is 0 Å². The first-order valence-corrected chi connectivity index (χ1v) is 14.9. The monoisotopic (exact) mass is 668 g/mol. The van der Waals surface area contributed by atoms with Crippen LogP contribution in [0.15, 0.2) is 103 Å². The molecule has 0 radical (unpaired) electrons. The van der Waals surface area contributed by atoms with E-state index < -0.39 is 42.3 Å². The molecule has 1 aliphatic rings. The van der Waals surface area contributed by atoms with Crippen molar-refractivity contribution in [2.75, 3.05) is 4.42 Å². The molecule has 2 N–H and O–H groups in total. The van der Waals surface area contributed by atoms with E-state index in [1.165, 1.54) is 0 Å². The summed E-state index contributed by atoms with van der Waals surface area (Å²) in [6.07, 6.45) is -4.06. The molecule has 4 aromatic carbocycles. The number of anilines is 1. The van der Waals surface area contributed by atoms with E-state index in [9.17, 15) is 19.5 Å². The number of amides is 2. The molecule has 45 heavy (non-hydrogen) atoms. The van der Waals surface area contributed by atoms with Crippen LogP contribution in [0.5, 0.6) is 5.75 Å². The number of carbonyl (C=O) groups is 3. The zero-order valence-corrected chi connectivity index (χ0v) is 25.8. The number of ether oxygens (including phenoxy) is 3. The van der Waals surface area contributed by atoms with E-state index in [4.69, 9.17) is 49.2 Å². The molecule has 1 aliphatic heterocycles. The molecule has 1 saturated heterocycles. The SMILES string of the molecule is O=C(O)C(Cc1ccc(OCc2c(Cl)cccc2Cl)cc1)NC(=O)[C@@H]1OC(c2ccccc2)O[C@H]1C(=O)N(Cl)c1ccccc1. The number of nitrogens with one attached hydrogen (secondary N) is 1. The van der Waals surface area contributed by atoms with E-state index >= 15 is 0 Å². The van der Waals surface area contributed by atoms with Crippen LogP contribution in [0.25, 0.3) is 0 Å². The Morgan fingerprint density at radius 2 is 1.42 bits per heavy atom. The number of aliphatic carboxylic acids is 1. The van der Waals surface area contributed by atoms with E-state index in [0.717, 1.165) is 4.42 Å². The summed E-state index contributed by atoms with van der Waals surface area (Å²) >= 11 is 18.8. The summed E-state index contributed by atoms with van der Waals surface area (Å²) in [5.41, 5.74) is 2.19. The Labute approximate surface area is 274 Å². The molecule has 9 nitrogen and oxygen atoms in total. The van der Waals surface area contributed by atoms with Crippen LogP contribution in [-0.2, 0) is 36.9 Å². The molecule has 0 aromatic heterocycles. The number of carboxylic acids is 1. The molecule has 4 atom stereocenters. The zero-order chi connectivity index (χ0) is 31.9. The van der Waals surface area contributed by atoms with Gasteiger partial charge in [-0.05, 0) is 42.0 Å². The lowest BCUT2D eigenvalue weighted by atomic mass is 10.0. The highest BCUT2D eigenvalue weighted by atomic mass is 35.5. The molecule has 2 unspecified atom stereocenters. The molecule has 4 aromatic rings. The van der Waals surface area contributed by atoms with Crippen molar-refractivity contribution in [2.45, 2.75) is 37.6 Å². The number of carboxylic acid groups (broad SMARTS) is 1. The average molecular weight is 670 g/mol. The van der Waals surface area contributed by atoms with E-state index in [1.807, 2.05) is 0 Å². The third-order valence-electron chi connectivity index (χ3n) is 6.99. The van der Waals surface area contributed by atoms with Crippen LogP contribution in [0.4, 0.5) is 5.69 Å². The quantitative estimate of drug-likeness (QED) is 0.179. The number of benzene rings is 4. The molecule has 1 heterocycles. The molecule has 0 saturated carbocycles. The van der Waals surface area contributed by atoms with Gasteiger partial charge in [0.2, 0.25) is 0 Å².